The molecule has 0 aromatic carbocycles. The van der Waals surface area contributed by atoms with Gasteiger partial charge in [-0.05, 0) is 39.5 Å². The van der Waals surface area contributed by atoms with E-state index < -0.39 is 5.97 Å². The van der Waals surface area contributed by atoms with Gasteiger partial charge in [0, 0.05) is 18.0 Å². The predicted octanol–water partition coefficient (Wildman–Crippen LogP) is 1.76. The maximum absolute atomic E-state index is 10.8. The summed E-state index contributed by atoms with van der Waals surface area (Å²) in [4.78, 5) is 19.7. The molecule has 0 amide bonds. The van der Waals surface area contributed by atoms with Gasteiger partial charge in [0.1, 0.15) is 0 Å². The highest BCUT2D eigenvalue weighted by atomic mass is 32.1. The Morgan fingerprint density at radius 2 is 2.26 bits per heavy atom. The summed E-state index contributed by atoms with van der Waals surface area (Å²) >= 11 is 1.20. The van der Waals surface area contributed by atoms with E-state index in [1.165, 1.54) is 24.2 Å². The smallest absolute Gasteiger partial charge is 0.365 e. The van der Waals surface area contributed by atoms with Gasteiger partial charge >= 0.3 is 5.97 Å². The van der Waals surface area contributed by atoms with Crippen molar-refractivity contribution in [3.63, 3.8) is 0 Å². The van der Waals surface area contributed by atoms with Gasteiger partial charge in [-0.15, -0.1) is 11.3 Å². The lowest BCUT2D eigenvalue weighted by atomic mass is 10.0. The standard InChI is InChI=1S/C13H21N3O2S/c1-3-16-6-4-11(5-7-16)15(2)8-10-9-19-12(14-10)13(17)18/h9,11H,3-8H2,1-2H3,(H,17,18). The molecule has 1 aliphatic heterocycles. The van der Waals surface area contributed by atoms with Crippen molar-refractivity contribution in [2.75, 3.05) is 26.7 Å². The topological polar surface area (TPSA) is 56.7 Å². The maximum Gasteiger partial charge on any atom is 0.365 e. The summed E-state index contributed by atoms with van der Waals surface area (Å²) in [6.07, 6.45) is 2.36. The summed E-state index contributed by atoms with van der Waals surface area (Å²) in [5, 5.41) is 10.9. The second-order valence-corrected chi connectivity index (χ2v) is 5.89. The van der Waals surface area contributed by atoms with Gasteiger partial charge in [0.05, 0.1) is 5.69 Å². The fourth-order valence-corrected chi connectivity index (χ4v) is 3.18. The van der Waals surface area contributed by atoms with Gasteiger partial charge in [-0.2, -0.15) is 0 Å². The quantitative estimate of drug-likeness (QED) is 0.892. The van der Waals surface area contributed by atoms with Crippen LogP contribution in [0.15, 0.2) is 5.38 Å². The van der Waals surface area contributed by atoms with Crippen LogP contribution in [0, 0.1) is 0 Å². The zero-order valence-corrected chi connectivity index (χ0v) is 12.3. The second kappa shape index (κ2) is 6.45. The van der Waals surface area contributed by atoms with Gasteiger partial charge in [-0.1, -0.05) is 6.92 Å². The van der Waals surface area contributed by atoms with Gasteiger partial charge in [0.2, 0.25) is 5.01 Å². The van der Waals surface area contributed by atoms with Crippen LogP contribution in [-0.2, 0) is 6.54 Å². The monoisotopic (exact) mass is 283 g/mol. The van der Waals surface area contributed by atoms with Crippen molar-refractivity contribution in [1.29, 1.82) is 0 Å². The van der Waals surface area contributed by atoms with Crippen LogP contribution in [0.2, 0.25) is 0 Å². The molecule has 0 unspecified atom stereocenters. The molecule has 5 nitrogen and oxygen atoms in total. The van der Waals surface area contributed by atoms with Gasteiger partial charge < -0.3 is 10.0 Å². The van der Waals surface area contributed by atoms with Crippen molar-refractivity contribution in [2.45, 2.75) is 32.4 Å². The molecule has 1 aromatic heterocycles. The molecule has 106 valence electrons. The molecule has 1 saturated heterocycles. The van der Waals surface area contributed by atoms with E-state index in [2.05, 4.69) is 28.8 Å². The van der Waals surface area contributed by atoms with Crippen LogP contribution < -0.4 is 0 Å². The molecular formula is C13H21N3O2S. The van der Waals surface area contributed by atoms with Crippen molar-refractivity contribution < 1.29 is 9.90 Å². The summed E-state index contributed by atoms with van der Waals surface area (Å²) in [6.45, 7) is 6.38. The van der Waals surface area contributed by atoms with E-state index in [1.54, 1.807) is 0 Å². The van der Waals surface area contributed by atoms with E-state index in [-0.39, 0.29) is 5.01 Å². The number of likely N-dealkylation sites (tertiary alicyclic amines) is 1. The second-order valence-electron chi connectivity index (χ2n) is 5.03. The molecule has 6 heteroatoms. The number of piperidine rings is 1. The summed E-state index contributed by atoms with van der Waals surface area (Å²) < 4.78 is 0. The van der Waals surface area contributed by atoms with Crippen LogP contribution in [0.5, 0.6) is 0 Å². The SMILES string of the molecule is CCN1CCC(N(C)Cc2csc(C(=O)O)n2)CC1. The van der Waals surface area contributed by atoms with Crippen LogP contribution in [0.4, 0.5) is 0 Å². The molecule has 0 aliphatic carbocycles. The molecule has 2 heterocycles. The van der Waals surface area contributed by atoms with Gasteiger partial charge in [-0.25, -0.2) is 9.78 Å². The van der Waals surface area contributed by atoms with E-state index in [1.807, 2.05) is 5.38 Å². The lowest BCUT2D eigenvalue weighted by Gasteiger charge is -2.36. The number of carboxylic acids is 1. The summed E-state index contributed by atoms with van der Waals surface area (Å²) in [5.74, 6) is -0.935. The van der Waals surface area contributed by atoms with Crippen LogP contribution in [0.1, 0.15) is 35.3 Å². The number of hydrogen-bond donors (Lipinski definition) is 1. The molecule has 0 spiro atoms. The van der Waals surface area contributed by atoms with E-state index in [9.17, 15) is 4.79 Å². The van der Waals surface area contributed by atoms with Crippen LogP contribution in [0.3, 0.4) is 0 Å². The summed E-state index contributed by atoms with van der Waals surface area (Å²) in [7, 11) is 2.10. The van der Waals surface area contributed by atoms with Crippen LogP contribution >= 0.6 is 11.3 Å². The molecule has 1 fully saturated rings. The minimum Gasteiger partial charge on any atom is -0.476 e. The third kappa shape index (κ3) is 3.75. The third-order valence-electron chi connectivity index (χ3n) is 3.77. The normalized spacial score (nSPS) is 18.1. The average Bonchev–Trinajstić information content (AvgIpc) is 2.87. The molecule has 0 radical (unpaired) electrons. The Bertz CT molecular complexity index is 427. The van der Waals surface area contributed by atoms with Crippen molar-refractivity contribution in [3.05, 3.63) is 16.1 Å². The summed E-state index contributed by atoms with van der Waals surface area (Å²) in [6, 6.07) is 0.581. The number of aromatic carboxylic acids is 1. The average molecular weight is 283 g/mol. The largest absolute Gasteiger partial charge is 0.476 e. The zero-order valence-electron chi connectivity index (χ0n) is 11.5. The number of hydrogen-bond acceptors (Lipinski definition) is 5. The van der Waals surface area contributed by atoms with Crippen molar-refractivity contribution >= 4 is 17.3 Å². The third-order valence-corrected chi connectivity index (χ3v) is 4.65. The number of nitrogens with zero attached hydrogens (tertiary/aromatic N) is 3. The first-order valence-electron chi connectivity index (χ1n) is 6.70. The number of thiazole rings is 1. The molecule has 1 aromatic rings. The van der Waals surface area contributed by atoms with E-state index in [0.29, 0.717) is 6.04 Å². The number of rotatable bonds is 5. The number of aromatic nitrogens is 1. The fraction of sp³-hybridized carbons (Fsp3) is 0.692. The molecule has 0 saturated carbocycles. The molecular weight excluding hydrogens is 262 g/mol. The molecule has 0 bridgehead atoms. The van der Waals surface area contributed by atoms with E-state index in [4.69, 9.17) is 5.11 Å². The van der Waals surface area contributed by atoms with Crippen LogP contribution in [0.25, 0.3) is 0 Å². The first kappa shape index (κ1) is 14.4. The lowest BCUT2D eigenvalue weighted by Crippen LogP contribution is -2.42. The minimum absolute atomic E-state index is 0.184. The Labute approximate surface area is 117 Å². The lowest BCUT2D eigenvalue weighted by molar-refractivity contribution is 0.0696. The molecule has 2 rings (SSSR count). The van der Waals surface area contributed by atoms with Gasteiger partial charge in [0.15, 0.2) is 0 Å². The fourth-order valence-electron chi connectivity index (χ4n) is 2.54. The Hall–Kier alpha value is -0.980. The van der Waals surface area contributed by atoms with Crippen molar-refractivity contribution in [2.24, 2.45) is 0 Å². The minimum atomic E-state index is -0.935. The highest BCUT2D eigenvalue weighted by molar-refractivity contribution is 7.11. The van der Waals surface area contributed by atoms with Crippen LogP contribution in [-0.4, -0.2) is 58.6 Å². The van der Waals surface area contributed by atoms with E-state index >= 15 is 0 Å². The predicted molar refractivity (Wildman–Crippen MR) is 75.7 cm³/mol. The summed E-state index contributed by atoms with van der Waals surface area (Å²) in [5.41, 5.74) is 0.864. The Kier molecular flexibility index (Phi) is 4.90. The van der Waals surface area contributed by atoms with E-state index in [0.717, 1.165) is 31.9 Å². The van der Waals surface area contributed by atoms with Gasteiger partial charge in [0.25, 0.3) is 0 Å². The molecule has 0 atom stereocenters. The first-order chi connectivity index (χ1) is 9.10. The Balaban J connectivity index is 1.86. The molecule has 19 heavy (non-hydrogen) atoms. The highest BCUT2D eigenvalue weighted by Crippen LogP contribution is 2.18. The first-order valence-corrected chi connectivity index (χ1v) is 7.58. The molecule has 1 N–H and O–H groups in total. The number of carboxylic acid groups (broad SMARTS) is 1. The maximum atomic E-state index is 10.8. The zero-order chi connectivity index (χ0) is 13.8. The van der Waals surface area contributed by atoms with Crippen molar-refractivity contribution in [1.82, 2.24) is 14.8 Å². The van der Waals surface area contributed by atoms with Crippen molar-refractivity contribution in [3.8, 4) is 0 Å². The highest BCUT2D eigenvalue weighted by Gasteiger charge is 2.22. The Morgan fingerprint density at radius 3 is 2.79 bits per heavy atom. The Morgan fingerprint density at radius 1 is 1.58 bits per heavy atom. The number of carbonyl (C=O) groups is 1. The van der Waals surface area contributed by atoms with Gasteiger partial charge in [-0.3, -0.25) is 4.90 Å². The molecule has 1 aliphatic rings.